The Morgan fingerprint density at radius 1 is 1.38 bits per heavy atom. The molecule has 0 saturated carbocycles. The molecular formula is C10H10BrN5O3S2. The van der Waals surface area contributed by atoms with Crippen molar-refractivity contribution < 1.29 is 13.2 Å². The van der Waals surface area contributed by atoms with E-state index in [4.69, 9.17) is 5.73 Å². The molecule has 11 heteroatoms. The highest BCUT2D eigenvalue weighted by Crippen LogP contribution is 2.28. The zero-order chi connectivity index (χ0) is 15.6. The summed E-state index contributed by atoms with van der Waals surface area (Å²) >= 11 is 3.97. The Morgan fingerprint density at radius 2 is 2.10 bits per heavy atom. The summed E-state index contributed by atoms with van der Waals surface area (Å²) in [7, 11) is -3.91. The molecule has 0 spiro atoms. The second-order valence-electron chi connectivity index (χ2n) is 3.90. The molecule has 1 heterocycles. The van der Waals surface area contributed by atoms with Crippen LogP contribution in [0.3, 0.4) is 0 Å². The molecule has 0 radical (unpaired) electrons. The van der Waals surface area contributed by atoms with Crippen LogP contribution < -0.4 is 15.8 Å². The van der Waals surface area contributed by atoms with Gasteiger partial charge in [-0.05, 0) is 34.1 Å². The molecule has 4 N–H and O–H groups in total. The SMILES string of the molecule is CC(=O)Nc1nnc(S(=O)(=O)Nc2cc(N)ccc2Br)s1. The number of benzene rings is 1. The normalized spacial score (nSPS) is 11.1. The quantitative estimate of drug-likeness (QED) is 0.536. The summed E-state index contributed by atoms with van der Waals surface area (Å²) in [5.74, 6) is -0.360. The van der Waals surface area contributed by atoms with Gasteiger partial charge in [0.25, 0.3) is 14.4 Å². The summed E-state index contributed by atoms with van der Waals surface area (Å²) in [6, 6.07) is 4.72. The van der Waals surface area contributed by atoms with Crippen LogP contribution in [0.1, 0.15) is 6.92 Å². The van der Waals surface area contributed by atoms with Gasteiger partial charge >= 0.3 is 0 Å². The second kappa shape index (κ2) is 5.95. The van der Waals surface area contributed by atoms with Gasteiger partial charge < -0.3 is 11.1 Å². The Morgan fingerprint density at radius 3 is 2.76 bits per heavy atom. The average molecular weight is 392 g/mol. The monoisotopic (exact) mass is 391 g/mol. The maximum absolute atomic E-state index is 12.2. The summed E-state index contributed by atoms with van der Waals surface area (Å²) in [5, 5.41) is 9.60. The molecule has 0 aliphatic carbocycles. The summed E-state index contributed by atoms with van der Waals surface area (Å²) in [4.78, 5) is 10.9. The Hall–Kier alpha value is -1.72. The molecule has 0 unspecified atom stereocenters. The molecule has 0 aliphatic heterocycles. The van der Waals surface area contributed by atoms with Gasteiger partial charge in [0, 0.05) is 17.1 Å². The van der Waals surface area contributed by atoms with Crippen LogP contribution in [-0.4, -0.2) is 24.5 Å². The molecule has 21 heavy (non-hydrogen) atoms. The van der Waals surface area contributed by atoms with Crippen molar-refractivity contribution in [2.45, 2.75) is 11.3 Å². The Balaban J connectivity index is 2.28. The number of rotatable bonds is 4. The first-order valence-corrected chi connectivity index (χ1v) is 8.56. The summed E-state index contributed by atoms with van der Waals surface area (Å²) in [6.07, 6.45) is 0. The number of hydrogen-bond donors (Lipinski definition) is 3. The van der Waals surface area contributed by atoms with Crippen molar-refractivity contribution in [3.8, 4) is 0 Å². The van der Waals surface area contributed by atoms with Gasteiger partial charge in [-0.25, -0.2) is 0 Å². The van der Waals surface area contributed by atoms with Crippen molar-refractivity contribution in [2.75, 3.05) is 15.8 Å². The van der Waals surface area contributed by atoms with Crippen LogP contribution in [-0.2, 0) is 14.8 Å². The number of anilines is 3. The smallest absolute Gasteiger partial charge is 0.291 e. The highest BCUT2D eigenvalue weighted by atomic mass is 79.9. The largest absolute Gasteiger partial charge is 0.399 e. The Bertz CT molecular complexity index is 790. The number of nitrogens with two attached hydrogens (primary N) is 1. The van der Waals surface area contributed by atoms with E-state index in [2.05, 4.69) is 36.2 Å². The number of amides is 1. The van der Waals surface area contributed by atoms with E-state index < -0.39 is 10.0 Å². The molecule has 0 atom stereocenters. The van der Waals surface area contributed by atoms with Crippen LogP contribution in [0, 0.1) is 0 Å². The zero-order valence-electron chi connectivity index (χ0n) is 10.6. The van der Waals surface area contributed by atoms with E-state index in [9.17, 15) is 13.2 Å². The van der Waals surface area contributed by atoms with Gasteiger partial charge in [0.2, 0.25) is 11.0 Å². The Labute approximate surface area is 132 Å². The number of hydrogen-bond acceptors (Lipinski definition) is 7. The molecule has 0 fully saturated rings. The molecular weight excluding hydrogens is 382 g/mol. The molecule has 112 valence electrons. The third-order valence-corrected chi connectivity index (χ3v) is 5.42. The van der Waals surface area contributed by atoms with E-state index in [0.29, 0.717) is 10.2 Å². The van der Waals surface area contributed by atoms with Crippen molar-refractivity contribution >= 4 is 59.7 Å². The van der Waals surface area contributed by atoms with Gasteiger partial charge in [-0.15, -0.1) is 10.2 Å². The second-order valence-corrected chi connectivity index (χ2v) is 7.59. The van der Waals surface area contributed by atoms with E-state index in [1.807, 2.05) is 0 Å². The average Bonchev–Trinajstić information content (AvgIpc) is 2.82. The summed E-state index contributed by atoms with van der Waals surface area (Å²) in [6.45, 7) is 1.29. The summed E-state index contributed by atoms with van der Waals surface area (Å²) in [5.41, 5.74) is 6.31. The number of nitrogen functional groups attached to an aromatic ring is 1. The van der Waals surface area contributed by atoms with Gasteiger partial charge in [0.15, 0.2) is 0 Å². The number of nitrogens with zero attached hydrogens (tertiary/aromatic N) is 2. The minimum Gasteiger partial charge on any atom is -0.399 e. The predicted octanol–water partition coefficient (Wildman–Crippen LogP) is 1.64. The Kier molecular flexibility index (Phi) is 4.44. The fraction of sp³-hybridized carbons (Fsp3) is 0.100. The van der Waals surface area contributed by atoms with Crippen LogP contribution in [0.25, 0.3) is 0 Å². The lowest BCUT2D eigenvalue weighted by Crippen LogP contribution is -2.13. The van der Waals surface area contributed by atoms with E-state index in [0.717, 1.165) is 11.3 Å². The van der Waals surface area contributed by atoms with E-state index >= 15 is 0 Å². The fourth-order valence-electron chi connectivity index (χ4n) is 1.33. The molecule has 2 rings (SSSR count). The molecule has 0 saturated heterocycles. The van der Waals surface area contributed by atoms with Crippen molar-refractivity contribution in [3.05, 3.63) is 22.7 Å². The first-order valence-electron chi connectivity index (χ1n) is 5.47. The van der Waals surface area contributed by atoms with Gasteiger partial charge in [0.05, 0.1) is 5.69 Å². The first kappa shape index (κ1) is 15.7. The lowest BCUT2D eigenvalue weighted by Gasteiger charge is -2.07. The lowest BCUT2D eigenvalue weighted by molar-refractivity contribution is -0.114. The van der Waals surface area contributed by atoms with Gasteiger partial charge in [0.1, 0.15) is 0 Å². The predicted molar refractivity (Wildman–Crippen MR) is 83.6 cm³/mol. The molecule has 1 aromatic carbocycles. The lowest BCUT2D eigenvalue weighted by atomic mass is 10.3. The molecule has 0 bridgehead atoms. The van der Waals surface area contributed by atoms with E-state index in [1.54, 1.807) is 12.1 Å². The molecule has 1 amide bonds. The van der Waals surface area contributed by atoms with E-state index in [-0.39, 0.29) is 21.1 Å². The molecule has 1 aromatic heterocycles. The van der Waals surface area contributed by atoms with Crippen LogP contribution in [0.4, 0.5) is 16.5 Å². The molecule has 2 aromatic rings. The maximum atomic E-state index is 12.2. The highest BCUT2D eigenvalue weighted by molar-refractivity contribution is 9.10. The zero-order valence-corrected chi connectivity index (χ0v) is 13.8. The van der Waals surface area contributed by atoms with Crippen LogP contribution in [0.2, 0.25) is 0 Å². The minimum absolute atomic E-state index is 0.106. The number of carbonyl (C=O) groups excluding carboxylic acids is 1. The first-order chi connectivity index (χ1) is 9.78. The topological polar surface area (TPSA) is 127 Å². The number of carbonyl (C=O) groups is 1. The highest BCUT2D eigenvalue weighted by Gasteiger charge is 2.21. The van der Waals surface area contributed by atoms with Crippen molar-refractivity contribution in [3.63, 3.8) is 0 Å². The number of aromatic nitrogens is 2. The van der Waals surface area contributed by atoms with Crippen LogP contribution >= 0.6 is 27.3 Å². The van der Waals surface area contributed by atoms with Crippen molar-refractivity contribution in [2.24, 2.45) is 0 Å². The standard InChI is InChI=1S/C10H10BrN5O3S2/c1-5(17)13-9-14-15-10(20-9)21(18,19)16-8-4-6(12)2-3-7(8)11/h2-4,16H,12H2,1H3,(H,13,14,17). The maximum Gasteiger partial charge on any atom is 0.291 e. The van der Waals surface area contributed by atoms with Crippen molar-refractivity contribution in [1.29, 1.82) is 0 Å². The minimum atomic E-state index is -3.91. The van der Waals surface area contributed by atoms with Gasteiger partial charge in [-0.2, -0.15) is 8.42 Å². The van der Waals surface area contributed by atoms with Crippen LogP contribution in [0.5, 0.6) is 0 Å². The molecule has 0 aliphatic rings. The van der Waals surface area contributed by atoms with Gasteiger partial charge in [-0.1, -0.05) is 11.3 Å². The third-order valence-electron chi connectivity index (χ3n) is 2.15. The third kappa shape index (κ3) is 3.89. The van der Waals surface area contributed by atoms with Crippen LogP contribution in [0.15, 0.2) is 27.0 Å². The fourth-order valence-corrected chi connectivity index (χ4v) is 3.82. The summed E-state index contributed by atoms with van der Waals surface area (Å²) < 4.78 is 27.0. The van der Waals surface area contributed by atoms with Gasteiger partial charge in [-0.3, -0.25) is 9.52 Å². The number of halogens is 1. The van der Waals surface area contributed by atoms with E-state index in [1.165, 1.54) is 13.0 Å². The molecule has 8 nitrogen and oxygen atoms in total. The number of nitrogens with one attached hydrogen (secondary N) is 2. The number of sulfonamides is 1. The van der Waals surface area contributed by atoms with Crippen molar-refractivity contribution in [1.82, 2.24) is 10.2 Å².